The van der Waals surface area contributed by atoms with E-state index in [9.17, 15) is 4.79 Å². The summed E-state index contributed by atoms with van der Waals surface area (Å²) < 4.78 is 5.09. The second-order valence-corrected chi connectivity index (χ2v) is 6.63. The molecule has 0 saturated carbocycles. The smallest absolute Gasteiger partial charge is 0.257 e. The molecule has 0 fully saturated rings. The highest BCUT2D eigenvalue weighted by Crippen LogP contribution is 2.19. The average Bonchev–Trinajstić information content (AvgIpc) is 3.02. The summed E-state index contributed by atoms with van der Waals surface area (Å²) in [6.07, 6.45) is 2.53. The largest absolute Gasteiger partial charge is 0.350 e. The van der Waals surface area contributed by atoms with Crippen LogP contribution in [0.3, 0.4) is 0 Å². The maximum absolute atomic E-state index is 12.6. The van der Waals surface area contributed by atoms with E-state index in [2.05, 4.69) is 51.5 Å². The third-order valence-electron chi connectivity index (χ3n) is 4.62. The summed E-state index contributed by atoms with van der Waals surface area (Å²) in [6, 6.07) is 10.4. The highest BCUT2D eigenvalue weighted by Gasteiger charge is 2.17. The Bertz CT molecular complexity index is 900. The Morgan fingerprint density at radius 2 is 2.00 bits per heavy atom. The second kappa shape index (κ2) is 7.66. The van der Waals surface area contributed by atoms with E-state index < -0.39 is 0 Å². The monoisotopic (exact) mass is 352 g/mol. The van der Waals surface area contributed by atoms with Crippen LogP contribution < -0.4 is 5.32 Å². The molecule has 3 rings (SSSR count). The highest BCUT2D eigenvalue weighted by atomic mass is 16.5. The van der Waals surface area contributed by atoms with E-state index in [0.29, 0.717) is 17.8 Å². The van der Waals surface area contributed by atoms with Crippen molar-refractivity contribution in [2.75, 3.05) is 20.6 Å². The lowest BCUT2D eigenvalue weighted by molar-refractivity contribution is 0.0941. The number of amides is 1. The number of pyridine rings is 1. The number of aromatic nitrogens is 2. The Kier molecular flexibility index (Phi) is 5.32. The van der Waals surface area contributed by atoms with Crippen LogP contribution in [0.15, 0.2) is 41.1 Å². The number of hydrogen-bond acceptors (Lipinski definition) is 5. The Morgan fingerprint density at radius 3 is 2.65 bits per heavy atom. The fourth-order valence-corrected chi connectivity index (χ4v) is 2.93. The third kappa shape index (κ3) is 3.75. The number of aryl methyl sites for hydroxylation is 2. The first-order chi connectivity index (χ1) is 12.5. The Balaban J connectivity index is 1.73. The van der Waals surface area contributed by atoms with Gasteiger partial charge < -0.3 is 14.7 Å². The molecule has 26 heavy (non-hydrogen) atoms. The predicted octanol–water partition coefficient (Wildman–Crippen LogP) is 3.13. The van der Waals surface area contributed by atoms with Gasteiger partial charge in [-0.15, -0.1) is 0 Å². The molecular weight excluding hydrogens is 328 g/mol. The first-order valence-electron chi connectivity index (χ1n) is 8.75. The lowest BCUT2D eigenvalue weighted by Gasteiger charge is -2.25. The van der Waals surface area contributed by atoms with Crippen LogP contribution in [0, 0.1) is 6.92 Å². The molecule has 1 aromatic carbocycles. The molecule has 1 atom stereocenters. The third-order valence-corrected chi connectivity index (χ3v) is 4.62. The normalized spacial score (nSPS) is 12.5. The van der Waals surface area contributed by atoms with E-state index in [1.807, 2.05) is 21.0 Å². The maximum Gasteiger partial charge on any atom is 0.257 e. The van der Waals surface area contributed by atoms with Crippen molar-refractivity contribution in [3.8, 4) is 0 Å². The highest BCUT2D eigenvalue weighted by molar-refractivity contribution is 5.96. The van der Waals surface area contributed by atoms with E-state index >= 15 is 0 Å². The number of carbonyl (C=O) groups is 1. The molecule has 3 aromatic rings. The first kappa shape index (κ1) is 18.1. The molecule has 0 aliphatic carbocycles. The van der Waals surface area contributed by atoms with E-state index in [4.69, 9.17) is 4.52 Å². The molecule has 0 radical (unpaired) electrons. The quantitative estimate of drug-likeness (QED) is 0.738. The average molecular weight is 352 g/mol. The fraction of sp³-hybridized carbons (Fsp3) is 0.350. The van der Waals surface area contributed by atoms with Gasteiger partial charge >= 0.3 is 0 Å². The van der Waals surface area contributed by atoms with Crippen LogP contribution in [0.1, 0.15) is 40.1 Å². The van der Waals surface area contributed by atoms with Crippen molar-refractivity contribution in [2.24, 2.45) is 0 Å². The lowest BCUT2D eigenvalue weighted by Crippen LogP contribution is -2.34. The molecule has 0 aliphatic rings. The van der Waals surface area contributed by atoms with Crippen molar-refractivity contribution in [1.29, 1.82) is 0 Å². The van der Waals surface area contributed by atoms with Crippen molar-refractivity contribution in [2.45, 2.75) is 26.3 Å². The molecule has 2 aromatic heterocycles. The second-order valence-electron chi connectivity index (χ2n) is 6.63. The van der Waals surface area contributed by atoms with Crippen LogP contribution in [0.25, 0.3) is 11.1 Å². The van der Waals surface area contributed by atoms with Crippen molar-refractivity contribution < 1.29 is 9.32 Å². The van der Waals surface area contributed by atoms with Crippen molar-refractivity contribution in [3.05, 3.63) is 58.9 Å². The maximum atomic E-state index is 12.6. The summed E-state index contributed by atoms with van der Waals surface area (Å²) in [5.74, 6) is -0.156. The lowest BCUT2D eigenvalue weighted by atomic mass is 10.0. The molecule has 2 heterocycles. The van der Waals surface area contributed by atoms with Gasteiger partial charge in [0, 0.05) is 12.7 Å². The molecular formula is C20H24N4O2. The first-order valence-corrected chi connectivity index (χ1v) is 8.75. The summed E-state index contributed by atoms with van der Waals surface area (Å²) in [6.45, 7) is 4.48. The van der Waals surface area contributed by atoms with Crippen molar-refractivity contribution in [1.82, 2.24) is 20.4 Å². The van der Waals surface area contributed by atoms with Gasteiger partial charge in [0.1, 0.15) is 0 Å². The van der Waals surface area contributed by atoms with Gasteiger partial charge in [-0.25, -0.2) is 4.98 Å². The Labute approximate surface area is 153 Å². The summed E-state index contributed by atoms with van der Waals surface area (Å²) >= 11 is 0. The van der Waals surface area contributed by atoms with Crippen LogP contribution in [0.5, 0.6) is 0 Å². The zero-order valence-corrected chi connectivity index (χ0v) is 15.6. The Morgan fingerprint density at radius 1 is 1.27 bits per heavy atom. The number of nitrogens with zero attached hydrogens (tertiary/aromatic N) is 3. The van der Waals surface area contributed by atoms with Crippen LogP contribution in [-0.2, 0) is 6.42 Å². The molecule has 1 amide bonds. The molecule has 0 saturated heterocycles. The van der Waals surface area contributed by atoms with Gasteiger partial charge in [0.05, 0.1) is 22.7 Å². The molecule has 0 bridgehead atoms. The standard InChI is InChI=1S/C20H24N4O2/c1-5-14-6-8-15(9-7-14)18(24(3)4)12-21-19(25)16-10-17-13(2)23-26-20(17)22-11-16/h6-11,18H,5,12H2,1-4H3,(H,21,25). The van der Waals surface area contributed by atoms with E-state index in [-0.39, 0.29) is 11.9 Å². The number of nitrogens with one attached hydrogen (secondary N) is 1. The van der Waals surface area contributed by atoms with Gasteiger partial charge in [0.15, 0.2) is 0 Å². The molecule has 0 aliphatic heterocycles. The minimum atomic E-state index is -0.156. The minimum Gasteiger partial charge on any atom is -0.350 e. The topological polar surface area (TPSA) is 71.3 Å². The van der Waals surface area contributed by atoms with Gasteiger partial charge in [0.25, 0.3) is 11.6 Å². The van der Waals surface area contributed by atoms with E-state index in [1.54, 1.807) is 6.07 Å². The number of likely N-dealkylation sites (N-methyl/N-ethyl adjacent to an activating group) is 1. The molecule has 1 N–H and O–H groups in total. The molecule has 136 valence electrons. The number of hydrogen-bond donors (Lipinski definition) is 1. The van der Waals surface area contributed by atoms with Crippen LogP contribution in [0.2, 0.25) is 0 Å². The van der Waals surface area contributed by atoms with Crippen LogP contribution in [-0.4, -0.2) is 41.6 Å². The van der Waals surface area contributed by atoms with E-state index in [0.717, 1.165) is 17.5 Å². The summed E-state index contributed by atoms with van der Waals surface area (Å²) in [5.41, 5.74) is 4.16. The number of fused-ring (bicyclic) bond motifs is 1. The zero-order chi connectivity index (χ0) is 18.7. The fourth-order valence-electron chi connectivity index (χ4n) is 2.93. The van der Waals surface area contributed by atoms with Gasteiger partial charge in [-0.3, -0.25) is 4.79 Å². The van der Waals surface area contributed by atoms with Crippen molar-refractivity contribution in [3.63, 3.8) is 0 Å². The van der Waals surface area contributed by atoms with Gasteiger partial charge in [-0.1, -0.05) is 36.3 Å². The van der Waals surface area contributed by atoms with Gasteiger partial charge in [-0.2, -0.15) is 0 Å². The molecule has 6 heteroatoms. The summed E-state index contributed by atoms with van der Waals surface area (Å²) in [4.78, 5) is 18.8. The summed E-state index contributed by atoms with van der Waals surface area (Å²) in [5, 5.41) is 7.64. The summed E-state index contributed by atoms with van der Waals surface area (Å²) in [7, 11) is 4.03. The SMILES string of the molecule is CCc1ccc(C(CNC(=O)c2cnc3onc(C)c3c2)N(C)C)cc1. The van der Waals surface area contributed by atoms with Crippen LogP contribution in [0.4, 0.5) is 0 Å². The number of carbonyl (C=O) groups excluding carboxylic acids is 1. The van der Waals surface area contributed by atoms with Gasteiger partial charge in [0.2, 0.25) is 0 Å². The molecule has 1 unspecified atom stereocenters. The zero-order valence-electron chi connectivity index (χ0n) is 15.6. The minimum absolute atomic E-state index is 0.0962. The Hall–Kier alpha value is -2.73. The van der Waals surface area contributed by atoms with Crippen molar-refractivity contribution >= 4 is 17.0 Å². The number of benzene rings is 1. The van der Waals surface area contributed by atoms with E-state index in [1.165, 1.54) is 17.3 Å². The predicted molar refractivity (Wildman–Crippen MR) is 101 cm³/mol. The molecule has 6 nitrogen and oxygen atoms in total. The number of rotatable bonds is 6. The molecule has 0 spiro atoms. The van der Waals surface area contributed by atoms with Crippen LogP contribution >= 0.6 is 0 Å². The van der Waals surface area contributed by atoms with Gasteiger partial charge in [-0.05, 0) is 44.6 Å².